The van der Waals surface area contributed by atoms with E-state index in [0.29, 0.717) is 6.42 Å². The molecule has 6 nitrogen and oxygen atoms in total. The van der Waals surface area contributed by atoms with Crippen LogP contribution >= 0.6 is 11.6 Å². The van der Waals surface area contributed by atoms with Gasteiger partial charge in [-0.1, -0.05) is 23.7 Å². The minimum Gasteiger partial charge on any atom is -0.444 e. The lowest BCUT2D eigenvalue weighted by molar-refractivity contribution is -0.137. The first-order valence-corrected chi connectivity index (χ1v) is 11.7. The van der Waals surface area contributed by atoms with Crippen molar-refractivity contribution in [1.82, 2.24) is 4.90 Å². The van der Waals surface area contributed by atoms with Gasteiger partial charge in [0.15, 0.2) is 0 Å². The molecule has 2 atom stereocenters. The molecule has 2 aliphatic heterocycles. The summed E-state index contributed by atoms with van der Waals surface area (Å²) in [6.45, 7) is 5.44. The smallest absolute Gasteiger partial charge is 0.416 e. The zero-order valence-corrected chi connectivity index (χ0v) is 20.6. The minimum atomic E-state index is -4.58. The Labute approximate surface area is 210 Å². The predicted octanol–water partition coefficient (Wildman–Crippen LogP) is 5.91. The van der Waals surface area contributed by atoms with Gasteiger partial charge in [0, 0.05) is 12.1 Å². The van der Waals surface area contributed by atoms with Crippen LogP contribution in [-0.2, 0) is 20.4 Å². The molecule has 2 amide bonds. The zero-order chi connectivity index (χ0) is 26.4. The number of alkyl halides is 3. The summed E-state index contributed by atoms with van der Waals surface area (Å²) < 4.78 is 65.7. The quantitative estimate of drug-likeness (QED) is 0.455. The van der Waals surface area contributed by atoms with Crippen LogP contribution in [0, 0.1) is 5.82 Å². The number of amides is 2. The molecular weight excluding hydrogens is 504 g/mol. The molecule has 2 saturated heterocycles. The molecule has 2 heterocycles. The summed E-state index contributed by atoms with van der Waals surface area (Å²) in [5.74, 6) is -1.26. The lowest BCUT2D eigenvalue weighted by Gasteiger charge is -2.46. The first kappa shape index (κ1) is 26.2. The molecule has 2 unspecified atom stereocenters. The maximum absolute atomic E-state index is 15.2. The number of likely N-dealkylation sites (tertiary alicyclic amines) is 1. The molecule has 11 heteroatoms. The summed E-state index contributed by atoms with van der Waals surface area (Å²) in [6.07, 6.45) is -5.29. The number of piperidine rings is 1. The van der Waals surface area contributed by atoms with Crippen LogP contribution in [0.15, 0.2) is 36.4 Å². The second kappa shape index (κ2) is 9.55. The largest absolute Gasteiger partial charge is 0.444 e. The minimum absolute atomic E-state index is 0.00684. The van der Waals surface area contributed by atoms with Gasteiger partial charge in [-0.25, -0.2) is 9.18 Å². The summed E-state index contributed by atoms with van der Waals surface area (Å²) in [5.41, 5.74) is -1.60. The van der Waals surface area contributed by atoms with E-state index in [1.54, 1.807) is 20.8 Å². The normalized spacial score (nSPS) is 20.8. The van der Waals surface area contributed by atoms with Gasteiger partial charge in [-0.15, -0.1) is 0 Å². The Morgan fingerprint density at radius 1 is 1.17 bits per heavy atom. The van der Waals surface area contributed by atoms with Crippen molar-refractivity contribution in [3.63, 3.8) is 0 Å². The number of carbonyl (C=O) groups excluding carboxylic acids is 2. The fourth-order valence-corrected chi connectivity index (χ4v) is 4.66. The first-order valence-electron chi connectivity index (χ1n) is 11.3. The fourth-order valence-electron chi connectivity index (χ4n) is 4.41. The number of anilines is 1. The van der Waals surface area contributed by atoms with Gasteiger partial charge in [0.25, 0.3) is 5.91 Å². The molecule has 0 radical (unpaired) electrons. The van der Waals surface area contributed by atoms with E-state index in [1.165, 1.54) is 28.0 Å². The molecule has 0 N–H and O–H groups in total. The average Bonchev–Trinajstić information content (AvgIpc) is 2.78. The maximum Gasteiger partial charge on any atom is 0.416 e. The number of morpholine rings is 1. The van der Waals surface area contributed by atoms with Crippen molar-refractivity contribution in [3.8, 4) is 11.1 Å². The van der Waals surface area contributed by atoms with E-state index >= 15 is 4.39 Å². The lowest BCUT2D eigenvalue weighted by atomic mass is 9.96. The van der Waals surface area contributed by atoms with E-state index in [-0.39, 0.29) is 41.5 Å². The standard InChI is InChI=1S/C25H25ClF4N2O4/c1-24(2,3)36-23(34)31-8-7-19-21(12-31)35-13-22(33)32(19)20-11-18(27)16(10-17(20)26)14-5-4-6-15(9-14)25(28,29)30/h4-6,9-11,19,21H,7-8,12-13H2,1-3H3. The summed E-state index contributed by atoms with van der Waals surface area (Å²) in [4.78, 5) is 28.2. The molecule has 36 heavy (non-hydrogen) atoms. The van der Waals surface area contributed by atoms with E-state index in [9.17, 15) is 22.8 Å². The summed E-state index contributed by atoms with van der Waals surface area (Å²) in [7, 11) is 0. The van der Waals surface area contributed by atoms with Gasteiger partial charge >= 0.3 is 12.3 Å². The number of halogens is 5. The predicted molar refractivity (Wildman–Crippen MR) is 125 cm³/mol. The van der Waals surface area contributed by atoms with Gasteiger partial charge in [0.2, 0.25) is 0 Å². The van der Waals surface area contributed by atoms with Crippen LogP contribution in [0.3, 0.4) is 0 Å². The van der Waals surface area contributed by atoms with Crippen LogP contribution in [0.5, 0.6) is 0 Å². The van der Waals surface area contributed by atoms with Gasteiger partial charge < -0.3 is 19.3 Å². The van der Waals surface area contributed by atoms with Crippen molar-refractivity contribution < 1.29 is 36.6 Å². The lowest BCUT2D eigenvalue weighted by Crippen LogP contribution is -2.62. The van der Waals surface area contributed by atoms with E-state index < -0.39 is 47.3 Å². The van der Waals surface area contributed by atoms with Gasteiger partial charge in [0.1, 0.15) is 18.0 Å². The molecule has 194 valence electrons. The SMILES string of the molecule is CC(C)(C)OC(=O)N1CCC2C(C1)OCC(=O)N2c1cc(F)c(-c2cccc(C(F)(F)F)c2)cc1Cl. The Kier molecular flexibility index (Phi) is 6.96. The first-order chi connectivity index (χ1) is 16.7. The van der Waals surface area contributed by atoms with E-state index in [0.717, 1.165) is 18.2 Å². The number of hydrogen-bond donors (Lipinski definition) is 0. The van der Waals surface area contributed by atoms with Crippen LogP contribution < -0.4 is 4.90 Å². The zero-order valence-electron chi connectivity index (χ0n) is 19.9. The highest BCUT2D eigenvalue weighted by Crippen LogP contribution is 2.39. The van der Waals surface area contributed by atoms with E-state index in [1.807, 2.05) is 0 Å². The maximum atomic E-state index is 15.2. The van der Waals surface area contributed by atoms with Crippen LogP contribution in [-0.4, -0.2) is 54.3 Å². The Bertz CT molecular complexity index is 1180. The van der Waals surface area contributed by atoms with Crippen molar-refractivity contribution in [2.45, 2.75) is 51.1 Å². The van der Waals surface area contributed by atoms with Crippen LogP contribution in [0.4, 0.5) is 28.0 Å². The molecule has 0 aromatic heterocycles. The van der Waals surface area contributed by atoms with Gasteiger partial charge in [-0.05, 0) is 57.0 Å². The van der Waals surface area contributed by atoms with Crippen molar-refractivity contribution in [1.29, 1.82) is 0 Å². The Balaban J connectivity index is 1.61. The third-order valence-electron chi connectivity index (χ3n) is 5.99. The molecule has 0 bridgehead atoms. The van der Waals surface area contributed by atoms with Crippen molar-refractivity contribution >= 4 is 29.3 Å². The number of nitrogens with zero attached hydrogens (tertiary/aromatic N) is 2. The van der Waals surface area contributed by atoms with Crippen molar-refractivity contribution in [3.05, 3.63) is 52.8 Å². The highest BCUT2D eigenvalue weighted by Gasteiger charge is 2.43. The second-order valence-electron chi connectivity index (χ2n) is 9.76. The molecule has 0 spiro atoms. The topological polar surface area (TPSA) is 59.1 Å². The number of carbonyl (C=O) groups is 2. The number of rotatable bonds is 2. The highest BCUT2D eigenvalue weighted by molar-refractivity contribution is 6.34. The van der Waals surface area contributed by atoms with E-state index in [2.05, 4.69) is 0 Å². The molecule has 0 aliphatic carbocycles. The third kappa shape index (κ3) is 5.44. The fraction of sp³-hybridized carbons (Fsp3) is 0.440. The van der Waals surface area contributed by atoms with Gasteiger partial charge in [0.05, 0.1) is 35.0 Å². The summed E-state index contributed by atoms with van der Waals surface area (Å²) >= 11 is 6.45. The average molecular weight is 529 g/mol. The van der Waals surface area contributed by atoms with Crippen LogP contribution in [0.1, 0.15) is 32.8 Å². The van der Waals surface area contributed by atoms with Crippen molar-refractivity contribution in [2.24, 2.45) is 0 Å². The van der Waals surface area contributed by atoms with Crippen LogP contribution in [0.25, 0.3) is 11.1 Å². The summed E-state index contributed by atoms with van der Waals surface area (Å²) in [5, 5.41) is 0.00684. The number of fused-ring (bicyclic) bond motifs is 1. The molecule has 2 aromatic rings. The Hall–Kier alpha value is -2.85. The second-order valence-corrected chi connectivity index (χ2v) is 10.2. The third-order valence-corrected chi connectivity index (χ3v) is 6.30. The summed E-state index contributed by atoms with van der Waals surface area (Å²) in [6, 6.07) is 6.04. The molecule has 2 aliphatic rings. The molecule has 2 fully saturated rings. The molecule has 0 saturated carbocycles. The molecular formula is C25H25ClF4N2O4. The van der Waals surface area contributed by atoms with Crippen molar-refractivity contribution in [2.75, 3.05) is 24.6 Å². The van der Waals surface area contributed by atoms with E-state index in [4.69, 9.17) is 21.1 Å². The number of hydrogen-bond acceptors (Lipinski definition) is 4. The van der Waals surface area contributed by atoms with Gasteiger partial charge in [-0.3, -0.25) is 4.79 Å². The number of benzene rings is 2. The molecule has 4 rings (SSSR count). The molecule has 2 aromatic carbocycles. The Morgan fingerprint density at radius 2 is 1.89 bits per heavy atom. The van der Waals surface area contributed by atoms with Gasteiger partial charge in [-0.2, -0.15) is 13.2 Å². The van der Waals surface area contributed by atoms with Crippen LogP contribution in [0.2, 0.25) is 5.02 Å². The monoisotopic (exact) mass is 528 g/mol. The highest BCUT2D eigenvalue weighted by atomic mass is 35.5. The Morgan fingerprint density at radius 3 is 2.56 bits per heavy atom. The number of ether oxygens (including phenoxy) is 2.